The summed E-state index contributed by atoms with van der Waals surface area (Å²) in [4.78, 5) is 19.6. The number of aromatic nitrogens is 2. The average molecular weight is 290 g/mol. The third-order valence-corrected chi connectivity index (χ3v) is 3.51. The molecule has 112 valence electrons. The molecular formula is C12H17F3N4O. The summed E-state index contributed by atoms with van der Waals surface area (Å²) in [6.07, 6.45) is -2.23. The summed E-state index contributed by atoms with van der Waals surface area (Å²) in [6.45, 7) is 4.68. The van der Waals surface area contributed by atoms with Gasteiger partial charge in [-0.05, 0) is 19.4 Å². The quantitative estimate of drug-likeness (QED) is 0.889. The van der Waals surface area contributed by atoms with Gasteiger partial charge in [-0.2, -0.15) is 13.2 Å². The molecule has 0 spiro atoms. The van der Waals surface area contributed by atoms with Crippen molar-refractivity contribution in [1.29, 1.82) is 0 Å². The Kier molecular flexibility index (Phi) is 4.32. The zero-order valence-electron chi connectivity index (χ0n) is 11.1. The number of H-pyrrole nitrogens is 1. The Hall–Kier alpha value is -1.57. The smallest absolute Gasteiger partial charge is 0.348 e. The summed E-state index contributed by atoms with van der Waals surface area (Å²) < 4.78 is 38.0. The normalized spacial score (nSPS) is 18.2. The molecule has 0 unspecified atom stereocenters. The molecule has 0 bridgehead atoms. The zero-order valence-corrected chi connectivity index (χ0v) is 11.1. The van der Waals surface area contributed by atoms with E-state index in [-0.39, 0.29) is 6.04 Å². The van der Waals surface area contributed by atoms with Gasteiger partial charge in [0.2, 0.25) is 0 Å². The number of piperidine rings is 1. The first-order valence-electron chi connectivity index (χ1n) is 6.55. The molecule has 0 atom stereocenters. The summed E-state index contributed by atoms with van der Waals surface area (Å²) >= 11 is 0. The molecule has 1 aromatic rings. The highest BCUT2D eigenvalue weighted by Gasteiger charge is 2.38. The number of amides is 1. The maximum Gasteiger partial charge on any atom is 0.433 e. The molecule has 20 heavy (non-hydrogen) atoms. The fraction of sp³-hybridized carbons (Fsp3) is 0.667. The average Bonchev–Trinajstić information content (AvgIpc) is 2.89. The Labute approximate surface area is 114 Å². The van der Waals surface area contributed by atoms with E-state index in [1.54, 1.807) is 0 Å². The van der Waals surface area contributed by atoms with Crippen LogP contribution in [0, 0.1) is 0 Å². The second-order valence-corrected chi connectivity index (χ2v) is 4.81. The van der Waals surface area contributed by atoms with E-state index in [9.17, 15) is 18.0 Å². The maximum atomic E-state index is 12.7. The number of carbonyl (C=O) groups is 1. The van der Waals surface area contributed by atoms with Gasteiger partial charge in [0.1, 0.15) is 0 Å². The number of carbonyl (C=O) groups excluding carboxylic acids is 1. The van der Waals surface area contributed by atoms with Crippen LogP contribution >= 0.6 is 0 Å². The predicted octanol–water partition coefficient (Wildman–Crippen LogP) is 1.64. The van der Waals surface area contributed by atoms with Crippen molar-refractivity contribution in [2.24, 2.45) is 0 Å². The molecule has 0 saturated carbocycles. The van der Waals surface area contributed by atoms with Crippen molar-refractivity contribution in [2.45, 2.75) is 32.0 Å². The largest absolute Gasteiger partial charge is 0.433 e. The van der Waals surface area contributed by atoms with Gasteiger partial charge in [0.25, 0.3) is 5.91 Å². The minimum atomic E-state index is -4.60. The highest BCUT2D eigenvalue weighted by molar-refractivity contribution is 5.93. The van der Waals surface area contributed by atoms with E-state index in [2.05, 4.69) is 22.1 Å². The second kappa shape index (κ2) is 5.82. The van der Waals surface area contributed by atoms with E-state index in [0.717, 1.165) is 38.8 Å². The molecule has 1 aromatic heterocycles. The second-order valence-electron chi connectivity index (χ2n) is 4.81. The SMILES string of the molecule is CCN1CCC(NC(=O)c2nc[nH]c2C(F)(F)F)CC1. The molecule has 0 aromatic carbocycles. The van der Waals surface area contributed by atoms with Gasteiger partial charge in [0.15, 0.2) is 11.4 Å². The lowest BCUT2D eigenvalue weighted by Gasteiger charge is -2.31. The maximum absolute atomic E-state index is 12.7. The molecule has 2 N–H and O–H groups in total. The molecule has 1 amide bonds. The van der Waals surface area contributed by atoms with Crippen LogP contribution in [0.4, 0.5) is 13.2 Å². The van der Waals surface area contributed by atoms with Crippen molar-refractivity contribution in [3.8, 4) is 0 Å². The summed E-state index contributed by atoms with van der Waals surface area (Å²) in [5.41, 5.74) is -1.68. The van der Waals surface area contributed by atoms with Crippen molar-refractivity contribution in [3.63, 3.8) is 0 Å². The predicted molar refractivity (Wildman–Crippen MR) is 66.2 cm³/mol. The number of halogens is 3. The van der Waals surface area contributed by atoms with Crippen molar-refractivity contribution >= 4 is 5.91 Å². The van der Waals surface area contributed by atoms with Crippen LogP contribution in [0.2, 0.25) is 0 Å². The molecule has 0 radical (unpaired) electrons. The van der Waals surface area contributed by atoms with Crippen LogP contribution in [0.3, 0.4) is 0 Å². The van der Waals surface area contributed by atoms with E-state index in [1.807, 2.05) is 4.98 Å². The van der Waals surface area contributed by atoms with E-state index in [4.69, 9.17) is 0 Å². The van der Waals surface area contributed by atoms with Crippen molar-refractivity contribution in [1.82, 2.24) is 20.2 Å². The van der Waals surface area contributed by atoms with Crippen molar-refractivity contribution in [3.05, 3.63) is 17.7 Å². The van der Waals surface area contributed by atoms with Crippen LogP contribution in [0.1, 0.15) is 35.9 Å². The number of nitrogens with zero attached hydrogens (tertiary/aromatic N) is 2. The van der Waals surface area contributed by atoms with E-state index < -0.39 is 23.5 Å². The van der Waals surface area contributed by atoms with E-state index >= 15 is 0 Å². The molecule has 1 aliphatic rings. The Morgan fingerprint density at radius 2 is 2.15 bits per heavy atom. The standard InChI is InChI=1S/C12H17F3N4O/c1-2-19-5-3-8(4-6-19)18-11(20)9-10(12(13,14)15)17-7-16-9/h7-8H,2-6H2,1H3,(H,16,17)(H,18,20). The third kappa shape index (κ3) is 3.30. The van der Waals surface area contributed by atoms with Gasteiger partial charge in [0.05, 0.1) is 6.33 Å². The topological polar surface area (TPSA) is 61.0 Å². The molecular weight excluding hydrogens is 273 g/mol. The number of likely N-dealkylation sites (tertiary alicyclic amines) is 1. The lowest BCUT2D eigenvalue weighted by atomic mass is 10.0. The number of aromatic amines is 1. The van der Waals surface area contributed by atoms with Crippen LogP contribution < -0.4 is 5.32 Å². The molecule has 2 heterocycles. The number of hydrogen-bond acceptors (Lipinski definition) is 3. The molecule has 1 aliphatic heterocycles. The number of alkyl halides is 3. The summed E-state index contributed by atoms with van der Waals surface area (Å²) in [5.74, 6) is -0.770. The Balaban J connectivity index is 1.98. The zero-order chi connectivity index (χ0) is 14.8. The first-order valence-corrected chi connectivity index (χ1v) is 6.55. The van der Waals surface area contributed by atoms with Gasteiger partial charge < -0.3 is 15.2 Å². The van der Waals surface area contributed by atoms with Gasteiger partial charge in [0, 0.05) is 19.1 Å². The number of nitrogens with one attached hydrogen (secondary N) is 2. The number of imidazole rings is 1. The Morgan fingerprint density at radius 1 is 1.50 bits per heavy atom. The molecule has 1 fully saturated rings. The molecule has 1 saturated heterocycles. The van der Waals surface area contributed by atoms with Crippen molar-refractivity contribution in [2.75, 3.05) is 19.6 Å². The van der Waals surface area contributed by atoms with Gasteiger partial charge in [-0.15, -0.1) is 0 Å². The molecule has 2 rings (SSSR count). The fourth-order valence-corrected chi connectivity index (χ4v) is 2.33. The minimum absolute atomic E-state index is 0.0944. The van der Waals surface area contributed by atoms with Crippen LogP contribution in [-0.4, -0.2) is 46.5 Å². The van der Waals surface area contributed by atoms with Crippen LogP contribution in [0.5, 0.6) is 0 Å². The number of hydrogen-bond donors (Lipinski definition) is 2. The van der Waals surface area contributed by atoms with Gasteiger partial charge >= 0.3 is 6.18 Å². The van der Waals surface area contributed by atoms with Crippen LogP contribution in [-0.2, 0) is 6.18 Å². The highest BCUT2D eigenvalue weighted by Crippen LogP contribution is 2.29. The van der Waals surface area contributed by atoms with Crippen molar-refractivity contribution < 1.29 is 18.0 Å². The first kappa shape index (κ1) is 14.8. The Morgan fingerprint density at radius 3 is 2.70 bits per heavy atom. The fourth-order valence-electron chi connectivity index (χ4n) is 2.33. The van der Waals surface area contributed by atoms with E-state index in [0.29, 0.717) is 0 Å². The summed E-state index contributed by atoms with van der Waals surface area (Å²) in [6, 6.07) is -0.0944. The van der Waals surface area contributed by atoms with E-state index in [1.165, 1.54) is 0 Å². The lowest BCUT2D eigenvalue weighted by molar-refractivity contribution is -0.141. The lowest BCUT2D eigenvalue weighted by Crippen LogP contribution is -2.44. The summed E-state index contributed by atoms with van der Waals surface area (Å²) in [5, 5.41) is 2.63. The monoisotopic (exact) mass is 290 g/mol. The van der Waals surface area contributed by atoms with Crippen LogP contribution in [0.15, 0.2) is 6.33 Å². The van der Waals surface area contributed by atoms with Gasteiger partial charge in [-0.3, -0.25) is 4.79 Å². The molecule has 8 heteroatoms. The minimum Gasteiger partial charge on any atom is -0.348 e. The van der Waals surface area contributed by atoms with Gasteiger partial charge in [-0.1, -0.05) is 6.92 Å². The first-order chi connectivity index (χ1) is 9.41. The highest BCUT2D eigenvalue weighted by atomic mass is 19.4. The number of rotatable bonds is 3. The molecule has 0 aliphatic carbocycles. The summed E-state index contributed by atoms with van der Waals surface area (Å²) in [7, 11) is 0. The Bertz CT molecular complexity index is 464. The van der Waals surface area contributed by atoms with Crippen LogP contribution in [0.25, 0.3) is 0 Å². The van der Waals surface area contributed by atoms with Gasteiger partial charge in [-0.25, -0.2) is 4.98 Å². The third-order valence-electron chi connectivity index (χ3n) is 3.51. The molecule has 5 nitrogen and oxygen atoms in total.